The van der Waals surface area contributed by atoms with Gasteiger partial charge >= 0.3 is 0 Å². The topological polar surface area (TPSA) is 154 Å². The SMILES string of the molecule is CC(=O)NC1CCN(CCCOc2cccc(-c3cccc(COc4cc(OCc5cncc(C#N)c5)c(CN(C)CC(C)c5nn[nH]n5)cc4Cl)c3C)c2C)CC1. The van der Waals surface area contributed by atoms with E-state index in [1.807, 2.05) is 38.2 Å². The fourth-order valence-electron chi connectivity index (χ4n) is 7.42. The molecule has 13 nitrogen and oxygen atoms in total. The molecule has 3 aromatic carbocycles. The molecule has 0 aliphatic carbocycles. The predicted molar refractivity (Wildman–Crippen MR) is 223 cm³/mol. The molecule has 1 aliphatic heterocycles. The van der Waals surface area contributed by atoms with Gasteiger partial charge in [-0.05, 0) is 86.2 Å². The summed E-state index contributed by atoms with van der Waals surface area (Å²) in [5.74, 6) is 2.74. The number of rotatable bonds is 18. The lowest BCUT2D eigenvalue weighted by Crippen LogP contribution is -2.44. The predicted octanol–water partition coefficient (Wildman–Crippen LogP) is 7.17. The summed E-state index contributed by atoms with van der Waals surface area (Å²) in [4.78, 5) is 20.2. The first-order valence-electron chi connectivity index (χ1n) is 19.7. The van der Waals surface area contributed by atoms with Gasteiger partial charge in [-0.15, -0.1) is 10.2 Å². The summed E-state index contributed by atoms with van der Waals surface area (Å²) in [6, 6.07) is 20.4. The Kier molecular flexibility index (Phi) is 14.7. The van der Waals surface area contributed by atoms with Crippen LogP contribution in [0.5, 0.6) is 17.2 Å². The van der Waals surface area contributed by atoms with Crippen LogP contribution in [0.25, 0.3) is 11.1 Å². The van der Waals surface area contributed by atoms with Crippen LogP contribution >= 0.6 is 11.6 Å². The van der Waals surface area contributed by atoms with Crippen LogP contribution < -0.4 is 19.5 Å². The van der Waals surface area contributed by atoms with E-state index in [1.165, 1.54) is 6.20 Å². The number of halogens is 1. The van der Waals surface area contributed by atoms with Crippen molar-refractivity contribution in [3.63, 3.8) is 0 Å². The summed E-state index contributed by atoms with van der Waals surface area (Å²) < 4.78 is 19.1. The van der Waals surface area contributed by atoms with E-state index in [0.29, 0.717) is 54.2 Å². The third-order valence-corrected chi connectivity index (χ3v) is 10.8. The number of nitrogens with zero attached hydrogens (tertiary/aromatic N) is 7. The van der Waals surface area contributed by atoms with Crippen LogP contribution in [0.3, 0.4) is 0 Å². The molecule has 2 N–H and O–H groups in total. The zero-order valence-electron chi connectivity index (χ0n) is 33.9. The second-order valence-corrected chi connectivity index (χ2v) is 15.5. The fourth-order valence-corrected chi connectivity index (χ4v) is 7.67. The van der Waals surface area contributed by atoms with E-state index in [2.05, 4.69) is 84.9 Å². The van der Waals surface area contributed by atoms with Gasteiger partial charge in [0.05, 0.1) is 17.2 Å². The molecular formula is C44H52ClN9O4. The molecule has 0 bridgehead atoms. The first kappa shape index (κ1) is 42.1. The minimum atomic E-state index is 0.0477. The Morgan fingerprint density at radius 2 is 1.76 bits per heavy atom. The highest BCUT2D eigenvalue weighted by Crippen LogP contribution is 2.37. The standard InChI is InChI=1S/C44H52ClN9O4/c1-29(44-49-51-52-50-44)25-53(5)26-36-20-40(45)43(21-42(36)57-27-34-19-33(22-46)23-47-24-34)58-28-35-9-6-10-38(30(35)2)39-11-7-12-41(31(39)3)56-18-8-15-54-16-13-37(14-17-54)48-32(4)55/h6-7,9-12,19-21,23-24,29,37H,8,13-18,25-28H2,1-5H3,(H,48,55)(H,49,50,51,52). The number of pyridine rings is 1. The zero-order chi connectivity index (χ0) is 41.0. The Morgan fingerprint density at radius 3 is 2.50 bits per heavy atom. The summed E-state index contributed by atoms with van der Waals surface area (Å²) >= 11 is 6.91. The van der Waals surface area contributed by atoms with E-state index < -0.39 is 0 Å². The Hall–Kier alpha value is -5.55. The van der Waals surface area contributed by atoms with Crippen molar-refractivity contribution >= 4 is 17.5 Å². The molecule has 5 aromatic rings. The number of tetrazole rings is 1. The average Bonchev–Trinajstić information content (AvgIpc) is 3.76. The van der Waals surface area contributed by atoms with E-state index >= 15 is 0 Å². The minimum absolute atomic E-state index is 0.0477. The van der Waals surface area contributed by atoms with Gasteiger partial charge in [0.1, 0.15) is 36.5 Å². The number of hydrogen-bond donors (Lipinski definition) is 2. The number of amides is 1. The molecule has 1 saturated heterocycles. The molecular weight excluding hydrogens is 754 g/mol. The first-order valence-corrected chi connectivity index (χ1v) is 20.1. The molecule has 1 aliphatic rings. The van der Waals surface area contributed by atoms with Crippen LogP contribution in [0, 0.1) is 25.2 Å². The smallest absolute Gasteiger partial charge is 0.217 e. The second kappa shape index (κ2) is 20.2. The summed E-state index contributed by atoms with van der Waals surface area (Å²) in [5, 5.41) is 27.4. The molecule has 304 valence electrons. The summed E-state index contributed by atoms with van der Waals surface area (Å²) in [7, 11) is 2.02. The number of carbonyl (C=O) groups is 1. The fraction of sp³-hybridized carbons (Fsp3) is 0.409. The highest BCUT2D eigenvalue weighted by molar-refractivity contribution is 6.32. The quantitative estimate of drug-likeness (QED) is 0.0867. The lowest BCUT2D eigenvalue weighted by molar-refractivity contribution is -0.119. The molecule has 0 radical (unpaired) electrons. The van der Waals surface area contributed by atoms with Crippen LogP contribution in [0.4, 0.5) is 0 Å². The zero-order valence-corrected chi connectivity index (χ0v) is 34.7. The largest absolute Gasteiger partial charge is 0.493 e. The third-order valence-electron chi connectivity index (χ3n) is 10.5. The number of likely N-dealkylation sites (N-methyl/N-ethyl adjacent to an activating group) is 1. The number of aromatic nitrogens is 5. The van der Waals surface area contributed by atoms with Gasteiger partial charge in [-0.3, -0.25) is 9.78 Å². The number of aromatic amines is 1. The third kappa shape index (κ3) is 11.3. The Bertz CT molecular complexity index is 2180. The van der Waals surface area contributed by atoms with Gasteiger partial charge in [0, 0.05) is 81.2 Å². The Morgan fingerprint density at radius 1 is 1.00 bits per heavy atom. The molecule has 14 heteroatoms. The highest BCUT2D eigenvalue weighted by atomic mass is 35.5. The highest BCUT2D eigenvalue weighted by Gasteiger charge is 2.21. The van der Waals surface area contributed by atoms with Crippen LogP contribution in [0.15, 0.2) is 67.0 Å². The van der Waals surface area contributed by atoms with Crippen LogP contribution in [0.1, 0.15) is 78.2 Å². The summed E-state index contributed by atoms with van der Waals surface area (Å²) in [5.41, 5.74) is 7.57. The average molecular weight is 806 g/mol. The van der Waals surface area contributed by atoms with Crippen molar-refractivity contribution in [2.24, 2.45) is 0 Å². The van der Waals surface area contributed by atoms with Crippen molar-refractivity contribution in [2.45, 2.75) is 78.7 Å². The van der Waals surface area contributed by atoms with Gasteiger partial charge in [0.25, 0.3) is 0 Å². The molecule has 58 heavy (non-hydrogen) atoms. The van der Waals surface area contributed by atoms with E-state index in [0.717, 1.165) is 83.6 Å². The van der Waals surface area contributed by atoms with E-state index in [-0.39, 0.29) is 24.5 Å². The van der Waals surface area contributed by atoms with Crippen LogP contribution in [-0.4, -0.2) is 87.2 Å². The molecule has 1 fully saturated rings. The number of ether oxygens (including phenoxy) is 3. The van der Waals surface area contributed by atoms with Crippen molar-refractivity contribution in [1.82, 2.24) is 40.7 Å². The van der Waals surface area contributed by atoms with Gasteiger partial charge < -0.3 is 29.3 Å². The lowest BCUT2D eigenvalue weighted by atomic mass is 9.93. The minimum Gasteiger partial charge on any atom is -0.493 e. The monoisotopic (exact) mass is 805 g/mol. The normalized spacial score (nSPS) is 13.9. The lowest BCUT2D eigenvalue weighted by Gasteiger charge is -2.32. The van der Waals surface area contributed by atoms with Crippen molar-refractivity contribution < 1.29 is 19.0 Å². The van der Waals surface area contributed by atoms with Gasteiger partial charge in [0.15, 0.2) is 5.82 Å². The molecule has 1 atom stereocenters. The van der Waals surface area contributed by atoms with Gasteiger partial charge in [0.2, 0.25) is 5.91 Å². The maximum atomic E-state index is 11.4. The van der Waals surface area contributed by atoms with Crippen molar-refractivity contribution in [1.29, 1.82) is 5.26 Å². The van der Waals surface area contributed by atoms with E-state index in [4.69, 9.17) is 25.8 Å². The van der Waals surface area contributed by atoms with Crippen molar-refractivity contribution in [3.8, 4) is 34.4 Å². The Balaban J connectivity index is 1.12. The number of nitrogens with one attached hydrogen (secondary N) is 2. The van der Waals surface area contributed by atoms with Crippen LogP contribution in [-0.2, 0) is 24.6 Å². The second-order valence-electron chi connectivity index (χ2n) is 15.1. The molecule has 0 saturated carbocycles. The number of piperidine rings is 1. The molecule has 2 aromatic heterocycles. The molecule has 6 rings (SSSR count). The number of carbonyl (C=O) groups excluding carboxylic acids is 1. The molecule has 1 amide bonds. The van der Waals surface area contributed by atoms with Gasteiger partial charge in [-0.2, -0.15) is 10.5 Å². The number of benzene rings is 3. The first-order chi connectivity index (χ1) is 28.1. The van der Waals surface area contributed by atoms with E-state index in [1.54, 1.807) is 19.2 Å². The number of likely N-dealkylation sites (tertiary alicyclic amines) is 1. The Labute approximate surface area is 345 Å². The summed E-state index contributed by atoms with van der Waals surface area (Å²) in [6.45, 7) is 13.2. The number of H-pyrrole nitrogens is 1. The molecule has 0 spiro atoms. The van der Waals surface area contributed by atoms with Crippen molar-refractivity contribution in [3.05, 3.63) is 111 Å². The molecule has 1 unspecified atom stereocenters. The molecule has 3 heterocycles. The van der Waals surface area contributed by atoms with Gasteiger partial charge in [-0.1, -0.05) is 54.1 Å². The number of hydrogen-bond acceptors (Lipinski definition) is 11. The van der Waals surface area contributed by atoms with E-state index in [9.17, 15) is 10.1 Å². The summed E-state index contributed by atoms with van der Waals surface area (Å²) in [6.07, 6.45) is 6.12. The number of nitriles is 1. The maximum Gasteiger partial charge on any atom is 0.217 e. The van der Waals surface area contributed by atoms with Crippen molar-refractivity contribution in [2.75, 3.05) is 39.8 Å². The van der Waals surface area contributed by atoms with Crippen LogP contribution in [0.2, 0.25) is 5.02 Å². The van der Waals surface area contributed by atoms with Gasteiger partial charge in [-0.25, -0.2) is 0 Å². The maximum absolute atomic E-state index is 11.4.